The van der Waals surface area contributed by atoms with Crippen LogP contribution in [0.2, 0.25) is 0 Å². The number of aryl methyl sites for hydroxylation is 2. The molecule has 4 rings (SSSR count). The van der Waals surface area contributed by atoms with Crippen LogP contribution in [-0.2, 0) is 12.8 Å². The molecule has 126 valence electrons. The van der Waals surface area contributed by atoms with E-state index < -0.39 is 0 Å². The van der Waals surface area contributed by atoms with Crippen molar-refractivity contribution in [2.75, 3.05) is 0 Å². The number of benzene rings is 1. The maximum atomic E-state index is 12.8. The molecule has 3 aromatic rings. The summed E-state index contributed by atoms with van der Waals surface area (Å²) in [7, 11) is 0. The van der Waals surface area contributed by atoms with E-state index in [1.165, 1.54) is 21.4 Å². The summed E-state index contributed by atoms with van der Waals surface area (Å²) in [4.78, 5) is 21.0. The third-order valence-electron chi connectivity index (χ3n) is 5.01. The van der Waals surface area contributed by atoms with E-state index in [4.69, 9.17) is 0 Å². The van der Waals surface area contributed by atoms with Crippen LogP contribution in [0.4, 0.5) is 0 Å². The molecule has 0 spiro atoms. The van der Waals surface area contributed by atoms with Crippen LogP contribution in [0.25, 0.3) is 5.82 Å². The second kappa shape index (κ2) is 6.24. The van der Waals surface area contributed by atoms with Gasteiger partial charge >= 0.3 is 0 Å². The van der Waals surface area contributed by atoms with Crippen molar-refractivity contribution in [2.45, 2.75) is 39.0 Å². The van der Waals surface area contributed by atoms with Crippen LogP contribution in [0.15, 0.2) is 47.8 Å². The Kier molecular flexibility index (Phi) is 3.92. The summed E-state index contributed by atoms with van der Waals surface area (Å²) < 4.78 is 1.35. The first-order valence-electron chi connectivity index (χ1n) is 8.57. The summed E-state index contributed by atoms with van der Waals surface area (Å²) in [6, 6.07) is 6.63. The number of hydrogen-bond donors (Lipinski definition) is 0. The maximum absolute atomic E-state index is 12.8. The van der Waals surface area contributed by atoms with Gasteiger partial charge in [0.1, 0.15) is 0 Å². The molecule has 1 aromatic carbocycles. The highest BCUT2D eigenvalue weighted by atomic mass is 16.1. The van der Waals surface area contributed by atoms with Crippen LogP contribution in [0.5, 0.6) is 0 Å². The molecule has 0 N–H and O–H groups in total. The first-order chi connectivity index (χ1) is 12.1. The van der Waals surface area contributed by atoms with E-state index in [1.54, 1.807) is 18.6 Å². The molecule has 2 aromatic heterocycles. The van der Waals surface area contributed by atoms with Crippen molar-refractivity contribution in [2.24, 2.45) is 0 Å². The van der Waals surface area contributed by atoms with Gasteiger partial charge in [0.15, 0.2) is 5.82 Å². The fourth-order valence-corrected chi connectivity index (χ4v) is 3.77. The first kappa shape index (κ1) is 15.7. The molecule has 1 aliphatic carbocycles. The molecule has 0 bridgehead atoms. The van der Waals surface area contributed by atoms with Crippen LogP contribution >= 0.6 is 0 Å². The van der Waals surface area contributed by atoms with Gasteiger partial charge in [0.25, 0.3) is 5.56 Å². The summed E-state index contributed by atoms with van der Waals surface area (Å²) in [6.07, 6.45) is 9.15. The minimum absolute atomic E-state index is 0.0721. The van der Waals surface area contributed by atoms with E-state index in [-0.39, 0.29) is 5.56 Å². The van der Waals surface area contributed by atoms with Crippen molar-refractivity contribution in [1.29, 1.82) is 0 Å². The minimum atomic E-state index is -0.0721. The zero-order valence-corrected chi connectivity index (χ0v) is 14.4. The Bertz CT molecular complexity index is 979. The van der Waals surface area contributed by atoms with E-state index in [2.05, 4.69) is 47.1 Å². The fraction of sp³-hybridized carbons (Fsp3) is 0.300. The maximum Gasteiger partial charge on any atom is 0.276 e. The number of rotatable bonds is 2. The molecule has 1 unspecified atom stereocenters. The van der Waals surface area contributed by atoms with Gasteiger partial charge in [-0.25, -0.2) is 4.98 Å². The van der Waals surface area contributed by atoms with Crippen molar-refractivity contribution in [3.8, 4) is 5.82 Å². The lowest BCUT2D eigenvalue weighted by Crippen LogP contribution is -2.30. The molecule has 5 nitrogen and oxygen atoms in total. The van der Waals surface area contributed by atoms with Gasteiger partial charge in [0, 0.05) is 18.0 Å². The molecule has 0 saturated carbocycles. The summed E-state index contributed by atoms with van der Waals surface area (Å²) in [5.74, 6) is 0.911. The first-order valence-corrected chi connectivity index (χ1v) is 8.57. The molecule has 2 heterocycles. The van der Waals surface area contributed by atoms with Gasteiger partial charge in [0.05, 0.1) is 12.4 Å². The third-order valence-corrected chi connectivity index (χ3v) is 5.01. The zero-order chi connectivity index (χ0) is 17.4. The Morgan fingerprint density at radius 2 is 2.04 bits per heavy atom. The predicted molar refractivity (Wildman–Crippen MR) is 96.1 cm³/mol. The molecular weight excluding hydrogens is 312 g/mol. The van der Waals surface area contributed by atoms with Gasteiger partial charge < -0.3 is 0 Å². The van der Waals surface area contributed by atoms with Crippen LogP contribution in [0, 0.1) is 13.8 Å². The third kappa shape index (κ3) is 2.86. The number of hydrogen-bond acceptors (Lipinski definition) is 4. The summed E-state index contributed by atoms with van der Waals surface area (Å²) in [6.45, 7) is 4.29. The van der Waals surface area contributed by atoms with Gasteiger partial charge in [-0.3, -0.25) is 9.78 Å². The Labute approximate surface area is 146 Å². The number of nitrogens with zero attached hydrogens (tertiary/aromatic N) is 4. The molecule has 1 atom stereocenters. The van der Waals surface area contributed by atoms with Gasteiger partial charge in [0.2, 0.25) is 0 Å². The smallest absolute Gasteiger partial charge is 0.267 e. The molecule has 0 radical (unpaired) electrons. The Balaban J connectivity index is 1.69. The van der Waals surface area contributed by atoms with Crippen LogP contribution < -0.4 is 5.56 Å². The average molecular weight is 332 g/mol. The molecule has 1 aliphatic rings. The van der Waals surface area contributed by atoms with Crippen molar-refractivity contribution in [3.63, 3.8) is 0 Å². The highest BCUT2D eigenvalue weighted by molar-refractivity contribution is 5.37. The van der Waals surface area contributed by atoms with Crippen LogP contribution in [-0.4, -0.2) is 19.7 Å². The van der Waals surface area contributed by atoms with Crippen molar-refractivity contribution in [3.05, 3.63) is 81.2 Å². The lowest BCUT2D eigenvalue weighted by Gasteiger charge is -2.26. The molecule has 25 heavy (non-hydrogen) atoms. The quantitative estimate of drug-likeness (QED) is 0.724. The minimum Gasteiger partial charge on any atom is -0.267 e. The Hall–Kier alpha value is -2.82. The topological polar surface area (TPSA) is 60.7 Å². The largest absolute Gasteiger partial charge is 0.276 e. The second-order valence-electron chi connectivity index (χ2n) is 6.73. The van der Waals surface area contributed by atoms with E-state index in [9.17, 15) is 4.79 Å². The number of fused-ring (bicyclic) bond motifs is 1. The molecular formula is C20H20N4O. The zero-order valence-electron chi connectivity index (χ0n) is 14.4. The van der Waals surface area contributed by atoms with Crippen LogP contribution in [0.3, 0.4) is 0 Å². The highest BCUT2D eigenvalue weighted by Gasteiger charge is 2.24. The van der Waals surface area contributed by atoms with E-state index in [1.807, 2.05) is 6.20 Å². The average Bonchev–Trinajstić information content (AvgIpc) is 2.62. The van der Waals surface area contributed by atoms with E-state index >= 15 is 0 Å². The molecule has 0 saturated heterocycles. The second-order valence-corrected chi connectivity index (χ2v) is 6.73. The number of aromatic nitrogens is 4. The molecule has 0 aliphatic heterocycles. The molecule has 0 amide bonds. The molecule has 5 heteroatoms. The SMILES string of the molecule is Cc1ccc(C2CCc3c(cnn(-c4cnccn4)c3=O)C2)c(C)c1. The summed E-state index contributed by atoms with van der Waals surface area (Å²) >= 11 is 0. The van der Waals surface area contributed by atoms with Crippen molar-refractivity contribution >= 4 is 0 Å². The Morgan fingerprint density at radius 1 is 1.16 bits per heavy atom. The monoisotopic (exact) mass is 332 g/mol. The van der Waals surface area contributed by atoms with Crippen molar-refractivity contribution < 1.29 is 0 Å². The normalized spacial score (nSPS) is 16.5. The predicted octanol–water partition coefficient (Wildman–Crippen LogP) is 2.91. The van der Waals surface area contributed by atoms with Gasteiger partial charge in [-0.05, 0) is 55.7 Å². The summed E-state index contributed by atoms with van der Waals surface area (Å²) in [5, 5.41) is 4.33. The fourth-order valence-electron chi connectivity index (χ4n) is 3.77. The Morgan fingerprint density at radius 3 is 2.80 bits per heavy atom. The van der Waals surface area contributed by atoms with Gasteiger partial charge in [-0.1, -0.05) is 23.8 Å². The van der Waals surface area contributed by atoms with Gasteiger partial charge in [-0.2, -0.15) is 9.78 Å². The molecule has 0 fully saturated rings. The highest BCUT2D eigenvalue weighted by Crippen LogP contribution is 2.33. The van der Waals surface area contributed by atoms with Gasteiger partial charge in [-0.15, -0.1) is 0 Å². The lowest BCUT2D eigenvalue weighted by atomic mass is 9.79. The van der Waals surface area contributed by atoms with Crippen LogP contribution in [0.1, 0.15) is 40.2 Å². The van der Waals surface area contributed by atoms with E-state index in [0.29, 0.717) is 11.7 Å². The van der Waals surface area contributed by atoms with Crippen molar-refractivity contribution in [1.82, 2.24) is 19.7 Å². The lowest BCUT2D eigenvalue weighted by molar-refractivity contribution is 0.565. The summed E-state index contributed by atoms with van der Waals surface area (Å²) in [5.41, 5.74) is 5.84. The van der Waals surface area contributed by atoms with E-state index in [0.717, 1.165) is 30.4 Å². The standard InChI is InChI=1S/C20H20N4O/c1-13-3-5-17(14(2)9-13)15-4-6-18-16(10-15)11-23-24(20(18)25)19-12-21-7-8-22-19/h3,5,7-9,11-12,15H,4,6,10H2,1-2H3.